The minimum Gasteiger partial charge on any atom is -0.328 e. The molecule has 0 aliphatic heterocycles. The van der Waals surface area contributed by atoms with Gasteiger partial charge in [0.2, 0.25) is 0 Å². The molecule has 0 saturated carbocycles. The van der Waals surface area contributed by atoms with Crippen LogP contribution < -0.4 is 5.73 Å². The standard InChI is InChI=1S/C8H19N/c1-4-7(2)5-6-8(3)9/h7-8H,4-6,9H2,1-3H3/t7-,8-/m1/s1. The molecule has 0 bridgehead atoms. The zero-order chi connectivity index (χ0) is 7.28. The molecule has 1 heteroatoms. The summed E-state index contributed by atoms with van der Waals surface area (Å²) in [6.07, 6.45) is 3.75. The molecule has 0 aromatic heterocycles. The lowest BCUT2D eigenvalue weighted by Gasteiger charge is -2.09. The van der Waals surface area contributed by atoms with Crippen LogP contribution in [0.5, 0.6) is 0 Å². The third kappa shape index (κ3) is 5.84. The molecule has 0 aromatic carbocycles. The summed E-state index contributed by atoms with van der Waals surface area (Å²) in [5, 5.41) is 0. The monoisotopic (exact) mass is 129 g/mol. The van der Waals surface area contributed by atoms with Crippen LogP contribution in [0.3, 0.4) is 0 Å². The fourth-order valence-corrected chi connectivity index (χ4v) is 0.752. The van der Waals surface area contributed by atoms with Gasteiger partial charge in [-0.2, -0.15) is 0 Å². The van der Waals surface area contributed by atoms with Gasteiger partial charge in [-0.3, -0.25) is 0 Å². The third-order valence-corrected chi connectivity index (χ3v) is 1.81. The van der Waals surface area contributed by atoms with Crippen molar-refractivity contribution in [3.8, 4) is 0 Å². The summed E-state index contributed by atoms with van der Waals surface area (Å²) in [5.41, 5.74) is 5.60. The van der Waals surface area contributed by atoms with Crippen LogP contribution in [0.25, 0.3) is 0 Å². The average Bonchev–Trinajstić information content (AvgIpc) is 1.83. The van der Waals surface area contributed by atoms with Crippen molar-refractivity contribution in [1.82, 2.24) is 0 Å². The van der Waals surface area contributed by atoms with Gasteiger partial charge < -0.3 is 5.73 Å². The first-order valence-corrected chi connectivity index (χ1v) is 3.92. The maximum atomic E-state index is 5.60. The van der Waals surface area contributed by atoms with Crippen LogP contribution in [-0.4, -0.2) is 6.04 Å². The Morgan fingerprint density at radius 1 is 1.22 bits per heavy atom. The molecular formula is C8H19N. The Morgan fingerprint density at radius 3 is 2.11 bits per heavy atom. The summed E-state index contributed by atoms with van der Waals surface area (Å²) in [7, 11) is 0. The van der Waals surface area contributed by atoms with Crippen molar-refractivity contribution in [2.75, 3.05) is 0 Å². The molecule has 0 radical (unpaired) electrons. The smallest absolute Gasteiger partial charge is 0.00105 e. The minimum absolute atomic E-state index is 0.388. The van der Waals surface area contributed by atoms with Gasteiger partial charge in [-0.15, -0.1) is 0 Å². The highest BCUT2D eigenvalue weighted by atomic mass is 14.6. The van der Waals surface area contributed by atoms with Crippen LogP contribution in [0.2, 0.25) is 0 Å². The zero-order valence-corrected chi connectivity index (χ0v) is 6.85. The van der Waals surface area contributed by atoms with Crippen molar-refractivity contribution < 1.29 is 0 Å². The Kier molecular flexibility index (Phi) is 4.78. The van der Waals surface area contributed by atoms with Gasteiger partial charge in [0.05, 0.1) is 0 Å². The van der Waals surface area contributed by atoms with E-state index in [0.717, 1.165) is 5.92 Å². The summed E-state index contributed by atoms with van der Waals surface area (Å²) in [6, 6.07) is 0.388. The third-order valence-electron chi connectivity index (χ3n) is 1.81. The fourth-order valence-electron chi connectivity index (χ4n) is 0.752. The van der Waals surface area contributed by atoms with Gasteiger partial charge in [-0.05, 0) is 25.7 Å². The molecule has 0 amide bonds. The van der Waals surface area contributed by atoms with Crippen molar-refractivity contribution in [1.29, 1.82) is 0 Å². The Bertz CT molecular complexity index is 59.6. The molecule has 1 nitrogen and oxygen atoms in total. The number of nitrogens with two attached hydrogens (primary N) is 1. The summed E-state index contributed by atoms with van der Waals surface area (Å²) in [5.74, 6) is 0.857. The van der Waals surface area contributed by atoms with Crippen molar-refractivity contribution >= 4 is 0 Å². The van der Waals surface area contributed by atoms with E-state index in [2.05, 4.69) is 20.8 Å². The normalized spacial score (nSPS) is 17.3. The number of hydrogen-bond donors (Lipinski definition) is 1. The molecule has 0 unspecified atom stereocenters. The van der Waals surface area contributed by atoms with Crippen LogP contribution in [0.4, 0.5) is 0 Å². The van der Waals surface area contributed by atoms with E-state index in [9.17, 15) is 0 Å². The molecule has 0 spiro atoms. The largest absolute Gasteiger partial charge is 0.328 e. The maximum absolute atomic E-state index is 5.60. The minimum atomic E-state index is 0.388. The average molecular weight is 129 g/mol. The molecule has 0 aromatic rings. The van der Waals surface area contributed by atoms with Gasteiger partial charge in [-0.25, -0.2) is 0 Å². The van der Waals surface area contributed by atoms with Crippen LogP contribution in [0.1, 0.15) is 40.0 Å². The second-order valence-corrected chi connectivity index (χ2v) is 3.07. The Hall–Kier alpha value is -0.0400. The van der Waals surface area contributed by atoms with Crippen molar-refractivity contribution in [3.63, 3.8) is 0 Å². The van der Waals surface area contributed by atoms with E-state index >= 15 is 0 Å². The van der Waals surface area contributed by atoms with E-state index in [1.54, 1.807) is 0 Å². The maximum Gasteiger partial charge on any atom is 0.00105 e. The topological polar surface area (TPSA) is 26.0 Å². The molecule has 2 atom stereocenters. The van der Waals surface area contributed by atoms with E-state index in [1.807, 2.05) is 0 Å². The van der Waals surface area contributed by atoms with Crippen LogP contribution >= 0.6 is 0 Å². The van der Waals surface area contributed by atoms with Crippen molar-refractivity contribution in [2.24, 2.45) is 11.7 Å². The van der Waals surface area contributed by atoms with Gasteiger partial charge in [0.1, 0.15) is 0 Å². The van der Waals surface area contributed by atoms with E-state index in [1.165, 1.54) is 19.3 Å². The molecular weight excluding hydrogens is 110 g/mol. The summed E-state index contributed by atoms with van der Waals surface area (Å²) in [4.78, 5) is 0. The molecule has 0 aliphatic rings. The van der Waals surface area contributed by atoms with Gasteiger partial charge in [0.25, 0.3) is 0 Å². The summed E-state index contributed by atoms with van der Waals surface area (Å²) >= 11 is 0. The van der Waals surface area contributed by atoms with Crippen molar-refractivity contribution in [3.05, 3.63) is 0 Å². The molecule has 0 saturated heterocycles. The molecule has 9 heavy (non-hydrogen) atoms. The highest BCUT2D eigenvalue weighted by Gasteiger charge is 1.99. The molecule has 0 aliphatic carbocycles. The number of rotatable bonds is 4. The van der Waals surface area contributed by atoms with Crippen LogP contribution in [0.15, 0.2) is 0 Å². The van der Waals surface area contributed by atoms with Gasteiger partial charge in [0.15, 0.2) is 0 Å². The molecule has 0 heterocycles. The van der Waals surface area contributed by atoms with E-state index in [4.69, 9.17) is 5.73 Å². The molecule has 56 valence electrons. The SMILES string of the molecule is CC[C@@H](C)CC[C@@H](C)N. The molecule has 0 fully saturated rings. The summed E-state index contributed by atoms with van der Waals surface area (Å²) in [6.45, 7) is 6.58. The lowest BCUT2D eigenvalue weighted by molar-refractivity contribution is 0.469. The van der Waals surface area contributed by atoms with Crippen molar-refractivity contribution in [2.45, 2.75) is 46.1 Å². The molecule has 0 rings (SSSR count). The first-order chi connectivity index (χ1) is 4.16. The van der Waals surface area contributed by atoms with Gasteiger partial charge in [-0.1, -0.05) is 20.3 Å². The second kappa shape index (κ2) is 4.80. The van der Waals surface area contributed by atoms with E-state index < -0.39 is 0 Å². The first-order valence-electron chi connectivity index (χ1n) is 3.92. The quantitative estimate of drug-likeness (QED) is 0.618. The first kappa shape index (κ1) is 8.96. The Balaban J connectivity index is 3.06. The summed E-state index contributed by atoms with van der Waals surface area (Å²) < 4.78 is 0. The molecule has 2 N–H and O–H groups in total. The van der Waals surface area contributed by atoms with E-state index in [-0.39, 0.29) is 0 Å². The zero-order valence-electron chi connectivity index (χ0n) is 6.85. The van der Waals surface area contributed by atoms with Gasteiger partial charge >= 0.3 is 0 Å². The predicted octanol–water partition coefficient (Wildman–Crippen LogP) is 2.16. The highest BCUT2D eigenvalue weighted by molar-refractivity contribution is 4.56. The fraction of sp³-hybridized carbons (Fsp3) is 1.00. The second-order valence-electron chi connectivity index (χ2n) is 3.07. The lowest BCUT2D eigenvalue weighted by atomic mass is 10.0. The Morgan fingerprint density at radius 2 is 1.78 bits per heavy atom. The van der Waals surface area contributed by atoms with E-state index in [0.29, 0.717) is 6.04 Å². The lowest BCUT2D eigenvalue weighted by Crippen LogP contribution is -2.15. The predicted molar refractivity (Wildman–Crippen MR) is 42.3 cm³/mol. The Labute approximate surface area is 58.6 Å². The van der Waals surface area contributed by atoms with Crippen LogP contribution in [-0.2, 0) is 0 Å². The van der Waals surface area contributed by atoms with Gasteiger partial charge in [0, 0.05) is 6.04 Å². The highest BCUT2D eigenvalue weighted by Crippen LogP contribution is 2.09. The number of hydrogen-bond acceptors (Lipinski definition) is 1. The van der Waals surface area contributed by atoms with Crippen LogP contribution in [0, 0.1) is 5.92 Å².